The molecule has 2 aliphatic carbocycles. The number of carbonyl (C=O) groups is 1. The van der Waals surface area contributed by atoms with Crippen LogP contribution in [0, 0.1) is 17.8 Å². The van der Waals surface area contributed by atoms with Gasteiger partial charge in [0.1, 0.15) is 0 Å². The minimum Gasteiger partial charge on any atom is -0.388 e. The third kappa shape index (κ3) is 3.71. The van der Waals surface area contributed by atoms with Crippen molar-refractivity contribution in [1.29, 1.82) is 0 Å². The van der Waals surface area contributed by atoms with Gasteiger partial charge in [-0.1, -0.05) is 26.7 Å². The predicted molar refractivity (Wildman–Crippen MR) is 76.7 cm³/mol. The maximum atomic E-state index is 12.1. The summed E-state index contributed by atoms with van der Waals surface area (Å²) in [6.45, 7) is 4.84. The van der Waals surface area contributed by atoms with Gasteiger partial charge < -0.3 is 10.4 Å². The quantitative estimate of drug-likeness (QED) is 0.823. The molecule has 0 bridgehead atoms. The second-order valence-corrected chi connectivity index (χ2v) is 6.81. The summed E-state index contributed by atoms with van der Waals surface area (Å²) in [7, 11) is 0. The van der Waals surface area contributed by atoms with Crippen LogP contribution < -0.4 is 5.32 Å². The highest BCUT2D eigenvalue weighted by Gasteiger charge is 2.35. The molecule has 1 amide bonds. The van der Waals surface area contributed by atoms with Crippen LogP contribution in [0.5, 0.6) is 0 Å². The first-order chi connectivity index (χ1) is 9.04. The minimum absolute atomic E-state index is 0.163. The Morgan fingerprint density at radius 1 is 1.26 bits per heavy atom. The van der Waals surface area contributed by atoms with Crippen molar-refractivity contribution >= 4 is 5.91 Å². The Bertz CT molecular complexity index is 308. The van der Waals surface area contributed by atoms with Crippen LogP contribution in [-0.4, -0.2) is 23.2 Å². The van der Waals surface area contributed by atoms with Crippen molar-refractivity contribution in [3.05, 3.63) is 0 Å². The Labute approximate surface area is 117 Å². The van der Waals surface area contributed by atoms with Gasteiger partial charge in [-0.15, -0.1) is 0 Å². The number of aliphatic hydroxyl groups is 1. The molecule has 2 unspecified atom stereocenters. The molecule has 0 aromatic rings. The molecule has 3 heteroatoms. The van der Waals surface area contributed by atoms with Crippen LogP contribution >= 0.6 is 0 Å². The lowest BCUT2D eigenvalue weighted by atomic mass is 9.78. The van der Waals surface area contributed by atoms with Crippen LogP contribution in [0.2, 0.25) is 0 Å². The van der Waals surface area contributed by atoms with Crippen molar-refractivity contribution in [3.8, 4) is 0 Å². The second kappa shape index (κ2) is 6.25. The maximum Gasteiger partial charge on any atom is 0.223 e. The molecule has 19 heavy (non-hydrogen) atoms. The van der Waals surface area contributed by atoms with Crippen LogP contribution in [-0.2, 0) is 4.79 Å². The van der Waals surface area contributed by atoms with Gasteiger partial charge in [0, 0.05) is 12.5 Å². The topological polar surface area (TPSA) is 49.3 Å². The molecule has 2 aliphatic rings. The molecule has 2 rings (SSSR count). The standard InChI is InChI=1S/C16H29NO2/c1-3-13-7-9-16(19,10-8-13)11-17-15(18)14-6-4-5-12(14)2/h12-14,19H,3-11H2,1-2H3,(H,17,18). The lowest BCUT2D eigenvalue weighted by molar-refractivity contribution is -0.127. The molecular weight excluding hydrogens is 238 g/mol. The molecule has 0 radical (unpaired) electrons. The lowest BCUT2D eigenvalue weighted by Crippen LogP contribution is -2.47. The number of carbonyl (C=O) groups excluding carboxylic acids is 1. The van der Waals surface area contributed by atoms with Gasteiger partial charge in [0.15, 0.2) is 0 Å². The average Bonchev–Trinajstić information content (AvgIpc) is 2.83. The highest BCUT2D eigenvalue weighted by Crippen LogP contribution is 2.34. The van der Waals surface area contributed by atoms with E-state index in [2.05, 4.69) is 19.2 Å². The molecule has 110 valence electrons. The van der Waals surface area contributed by atoms with Gasteiger partial charge in [0.05, 0.1) is 5.60 Å². The predicted octanol–water partition coefficient (Wildman–Crippen LogP) is 2.87. The number of nitrogens with one attached hydrogen (secondary N) is 1. The highest BCUT2D eigenvalue weighted by molar-refractivity contribution is 5.79. The molecule has 3 nitrogen and oxygen atoms in total. The molecule has 2 N–H and O–H groups in total. The first-order valence-electron chi connectivity index (χ1n) is 8.04. The summed E-state index contributed by atoms with van der Waals surface area (Å²) < 4.78 is 0. The zero-order chi connectivity index (χ0) is 13.9. The first-order valence-corrected chi connectivity index (χ1v) is 8.04. The van der Waals surface area contributed by atoms with Gasteiger partial charge in [-0.3, -0.25) is 4.79 Å². The van der Waals surface area contributed by atoms with Crippen molar-refractivity contribution in [1.82, 2.24) is 5.32 Å². The molecule has 0 aromatic carbocycles. The Hall–Kier alpha value is -0.570. The molecule has 0 heterocycles. The minimum atomic E-state index is -0.650. The summed E-state index contributed by atoms with van der Waals surface area (Å²) >= 11 is 0. The number of hydrogen-bond donors (Lipinski definition) is 2. The van der Waals surface area contributed by atoms with E-state index in [1.807, 2.05) is 0 Å². The Morgan fingerprint density at radius 2 is 1.95 bits per heavy atom. The molecule has 0 aliphatic heterocycles. The summed E-state index contributed by atoms with van der Waals surface area (Å²) in [5.41, 5.74) is -0.650. The van der Waals surface area contributed by atoms with E-state index in [-0.39, 0.29) is 11.8 Å². The van der Waals surface area contributed by atoms with E-state index in [1.165, 1.54) is 19.3 Å². The fourth-order valence-corrected chi connectivity index (χ4v) is 3.72. The molecule has 0 aromatic heterocycles. The summed E-state index contributed by atoms with van der Waals surface area (Å²) in [5, 5.41) is 13.5. The van der Waals surface area contributed by atoms with Crippen molar-refractivity contribution in [3.63, 3.8) is 0 Å². The van der Waals surface area contributed by atoms with Crippen LogP contribution in [0.1, 0.15) is 65.2 Å². The van der Waals surface area contributed by atoms with E-state index in [9.17, 15) is 9.90 Å². The van der Waals surface area contributed by atoms with Crippen LogP contribution in [0.3, 0.4) is 0 Å². The summed E-state index contributed by atoms with van der Waals surface area (Å²) in [5.74, 6) is 1.61. The third-order valence-corrected chi connectivity index (χ3v) is 5.40. The number of hydrogen-bond acceptors (Lipinski definition) is 2. The Kier molecular flexibility index (Phi) is 4.88. The van der Waals surface area contributed by atoms with Crippen molar-refractivity contribution in [2.45, 2.75) is 70.8 Å². The van der Waals surface area contributed by atoms with Gasteiger partial charge in [0.25, 0.3) is 0 Å². The van der Waals surface area contributed by atoms with Crippen LogP contribution in [0.25, 0.3) is 0 Å². The van der Waals surface area contributed by atoms with Crippen molar-refractivity contribution in [2.75, 3.05) is 6.54 Å². The lowest BCUT2D eigenvalue weighted by Gasteiger charge is -2.36. The smallest absolute Gasteiger partial charge is 0.223 e. The second-order valence-electron chi connectivity index (χ2n) is 6.81. The largest absolute Gasteiger partial charge is 0.388 e. The van der Waals surface area contributed by atoms with Crippen LogP contribution in [0.4, 0.5) is 0 Å². The summed E-state index contributed by atoms with van der Waals surface area (Å²) in [4.78, 5) is 12.1. The number of amides is 1. The number of rotatable bonds is 4. The molecular formula is C16H29NO2. The van der Waals surface area contributed by atoms with Gasteiger partial charge in [-0.05, 0) is 50.4 Å². The zero-order valence-corrected chi connectivity index (χ0v) is 12.5. The van der Waals surface area contributed by atoms with Gasteiger partial charge in [0.2, 0.25) is 5.91 Å². The van der Waals surface area contributed by atoms with Crippen molar-refractivity contribution in [2.24, 2.45) is 17.8 Å². The third-order valence-electron chi connectivity index (χ3n) is 5.40. The SMILES string of the molecule is CCC1CCC(O)(CNC(=O)C2CCCC2C)CC1. The molecule has 2 fully saturated rings. The normalized spacial score (nSPS) is 39.2. The first kappa shape index (κ1) is 14.8. The Morgan fingerprint density at radius 3 is 2.47 bits per heavy atom. The van der Waals surface area contributed by atoms with Crippen LogP contribution in [0.15, 0.2) is 0 Å². The van der Waals surface area contributed by atoms with Gasteiger partial charge in [-0.2, -0.15) is 0 Å². The van der Waals surface area contributed by atoms with Gasteiger partial charge >= 0.3 is 0 Å². The highest BCUT2D eigenvalue weighted by atomic mass is 16.3. The van der Waals surface area contributed by atoms with E-state index in [0.29, 0.717) is 12.5 Å². The summed E-state index contributed by atoms with van der Waals surface area (Å²) in [6.07, 6.45) is 8.44. The summed E-state index contributed by atoms with van der Waals surface area (Å²) in [6, 6.07) is 0. The average molecular weight is 267 g/mol. The van der Waals surface area contributed by atoms with Crippen molar-refractivity contribution < 1.29 is 9.90 Å². The van der Waals surface area contributed by atoms with E-state index in [0.717, 1.165) is 38.0 Å². The fourth-order valence-electron chi connectivity index (χ4n) is 3.72. The van der Waals surface area contributed by atoms with E-state index < -0.39 is 5.60 Å². The van der Waals surface area contributed by atoms with Gasteiger partial charge in [-0.25, -0.2) is 0 Å². The molecule has 2 atom stereocenters. The van der Waals surface area contributed by atoms with E-state index in [1.54, 1.807) is 0 Å². The fraction of sp³-hybridized carbons (Fsp3) is 0.938. The molecule has 0 spiro atoms. The molecule has 0 saturated heterocycles. The van der Waals surface area contributed by atoms with E-state index >= 15 is 0 Å². The zero-order valence-electron chi connectivity index (χ0n) is 12.5. The monoisotopic (exact) mass is 267 g/mol. The Balaban J connectivity index is 1.77. The van der Waals surface area contributed by atoms with E-state index in [4.69, 9.17) is 0 Å². The maximum absolute atomic E-state index is 12.1. The molecule has 2 saturated carbocycles.